The summed E-state index contributed by atoms with van der Waals surface area (Å²) in [6, 6.07) is 24.4. The summed E-state index contributed by atoms with van der Waals surface area (Å²) in [5.41, 5.74) is 7.55. The van der Waals surface area contributed by atoms with Gasteiger partial charge in [-0.3, -0.25) is 9.59 Å². The standard InChI is InChI=1S/C28H27NO2S/c1-19-7-11-22(12-8-19)16-24(17-23-13-9-20(2)10-14-23)18-26-27(30)29(28(31)32-26)25-6-4-5-21(3)15-25/h4-16,26H,17-18H2,1-3H3. The molecule has 0 aliphatic carbocycles. The lowest BCUT2D eigenvalue weighted by atomic mass is 9.97. The van der Waals surface area contributed by atoms with Crippen LogP contribution in [0, 0.1) is 20.8 Å². The first-order valence-corrected chi connectivity index (χ1v) is 11.7. The van der Waals surface area contributed by atoms with Crippen LogP contribution in [0.3, 0.4) is 0 Å². The molecule has 0 spiro atoms. The van der Waals surface area contributed by atoms with E-state index in [2.05, 4.69) is 68.5 Å². The van der Waals surface area contributed by atoms with Gasteiger partial charge in [0.15, 0.2) is 0 Å². The number of allylic oxidation sites excluding steroid dienone is 1. The maximum Gasteiger partial charge on any atom is 0.293 e. The molecule has 0 saturated carbocycles. The predicted octanol–water partition coefficient (Wildman–Crippen LogP) is 6.90. The van der Waals surface area contributed by atoms with Gasteiger partial charge in [0.05, 0.1) is 10.9 Å². The van der Waals surface area contributed by atoms with Crippen molar-refractivity contribution in [3.63, 3.8) is 0 Å². The molecule has 162 valence electrons. The van der Waals surface area contributed by atoms with E-state index in [1.54, 1.807) is 0 Å². The van der Waals surface area contributed by atoms with Crippen LogP contribution in [0.1, 0.15) is 34.2 Å². The minimum Gasteiger partial charge on any atom is -0.273 e. The van der Waals surface area contributed by atoms with Crippen molar-refractivity contribution in [1.82, 2.24) is 0 Å². The number of rotatable bonds is 6. The van der Waals surface area contributed by atoms with Crippen LogP contribution in [-0.2, 0) is 11.2 Å². The van der Waals surface area contributed by atoms with Crippen molar-refractivity contribution in [2.24, 2.45) is 0 Å². The lowest BCUT2D eigenvalue weighted by molar-refractivity contribution is -0.117. The van der Waals surface area contributed by atoms with E-state index in [4.69, 9.17) is 0 Å². The van der Waals surface area contributed by atoms with Crippen LogP contribution in [0.15, 0.2) is 78.4 Å². The van der Waals surface area contributed by atoms with Crippen molar-refractivity contribution in [3.8, 4) is 0 Å². The van der Waals surface area contributed by atoms with Crippen LogP contribution in [0.4, 0.5) is 10.5 Å². The van der Waals surface area contributed by atoms with E-state index in [0.29, 0.717) is 12.1 Å². The summed E-state index contributed by atoms with van der Waals surface area (Å²) >= 11 is 1.13. The molecule has 1 saturated heterocycles. The molecule has 4 rings (SSSR count). The molecule has 1 aliphatic heterocycles. The number of hydrogen-bond acceptors (Lipinski definition) is 3. The van der Waals surface area contributed by atoms with Gasteiger partial charge in [0.25, 0.3) is 5.24 Å². The molecule has 3 nitrogen and oxygen atoms in total. The molecular formula is C28H27NO2S. The lowest BCUT2D eigenvalue weighted by Gasteiger charge is -2.15. The van der Waals surface area contributed by atoms with Gasteiger partial charge in [0.1, 0.15) is 0 Å². The molecule has 0 aromatic heterocycles. The Kier molecular flexibility index (Phi) is 6.61. The molecule has 3 aromatic carbocycles. The molecule has 32 heavy (non-hydrogen) atoms. The Labute approximate surface area is 194 Å². The number of carbonyl (C=O) groups is 2. The Hall–Kier alpha value is -3.11. The fourth-order valence-corrected chi connectivity index (χ4v) is 4.92. The molecule has 1 aliphatic rings. The molecule has 3 aromatic rings. The van der Waals surface area contributed by atoms with Crippen molar-refractivity contribution in [2.75, 3.05) is 4.90 Å². The van der Waals surface area contributed by atoms with E-state index in [1.165, 1.54) is 21.6 Å². The average Bonchev–Trinajstić information content (AvgIpc) is 3.04. The van der Waals surface area contributed by atoms with Crippen LogP contribution < -0.4 is 4.90 Å². The van der Waals surface area contributed by atoms with Gasteiger partial charge >= 0.3 is 0 Å². The zero-order valence-electron chi connectivity index (χ0n) is 18.7. The maximum absolute atomic E-state index is 13.2. The maximum atomic E-state index is 13.2. The monoisotopic (exact) mass is 441 g/mol. The van der Waals surface area contributed by atoms with E-state index >= 15 is 0 Å². The number of imide groups is 1. The smallest absolute Gasteiger partial charge is 0.273 e. The van der Waals surface area contributed by atoms with Gasteiger partial charge in [0, 0.05) is 0 Å². The number of amides is 2. The third-order valence-electron chi connectivity index (χ3n) is 5.63. The fourth-order valence-electron chi connectivity index (χ4n) is 3.87. The lowest BCUT2D eigenvalue weighted by Crippen LogP contribution is -2.31. The summed E-state index contributed by atoms with van der Waals surface area (Å²) in [5.74, 6) is -0.135. The van der Waals surface area contributed by atoms with E-state index in [9.17, 15) is 9.59 Å². The summed E-state index contributed by atoms with van der Waals surface area (Å²) in [5, 5.41) is -0.610. The van der Waals surface area contributed by atoms with Crippen LogP contribution >= 0.6 is 11.8 Å². The molecular weight excluding hydrogens is 414 g/mol. The van der Waals surface area contributed by atoms with Gasteiger partial charge in [-0.25, -0.2) is 4.90 Å². The van der Waals surface area contributed by atoms with Crippen LogP contribution in [-0.4, -0.2) is 16.4 Å². The van der Waals surface area contributed by atoms with Crippen molar-refractivity contribution in [3.05, 3.63) is 106 Å². The second-order valence-electron chi connectivity index (χ2n) is 8.46. The first-order chi connectivity index (χ1) is 15.4. The summed E-state index contributed by atoms with van der Waals surface area (Å²) in [4.78, 5) is 27.3. The Balaban J connectivity index is 1.60. The minimum atomic E-state index is -0.412. The predicted molar refractivity (Wildman–Crippen MR) is 134 cm³/mol. The zero-order chi connectivity index (χ0) is 22.7. The molecule has 2 amide bonds. The highest BCUT2D eigenvalue weighted by Gasteiger charge is 2.40. The first-order valence-electron chi connectivity index (χ1n) is 10.8. The largest absolute Gasteiger partial charge is 0.293 e. The second-order valence-corrected chi connectivity index (χ2v) is 9.62. The van der Waals surface area contributed by atoms with Gasteiger partial charge in [-0.05, 0) is 62.4 Å². The van der Waals surface area contributed by atoms with Gasteiger partial charge < -0.3 is 0 Å². The van der Waals surface area contributed by atoms with Crippen LogP contribution in [0.2, 0.25) is 0 Å². The highest BCUT2D eigenvalue weighted by Crippen LogP contribution is 2.36. The van der Waals surface area contributed by atoms with E-state index in [-0.39, 0.29) is 11.1 Å². The molecule has 1 heterocycles. The topological polar surface area (TPSA) is 37.4 Å². The highest BCUT2D eigenvalue weighted by atomic mass is 32.2. The van der Waals surface area contributed by atoms with Gasteiger partial charge in [-0.1, -0.05) is 95.2 Å². The van der Waals surface area contributed by atoms with Crippen molar-refractivity contribution < 1.29 is 9.59 Å². The highest BCUT2D eigenvalue weighted by molar-refractivity contribution is 8.15. The third-order valence-corrected chi connectivity index (χ3v) is 6.67. The SMILES string of the molecule is Cc1ccc(C=C(Cc2ccc(C)cc2)CC2SC(=O)N(c3cccc(C)c3)C2=O)cc1. The molecule has 1 atom stereocenters. The van der Waals surface area contributed by atoms with Gasteiger partial charge in [0.2, 0.25) is 5.91 Å². The van der Waals surface area contributed by atoms with E-state index < -0.39 is 5.25 Å². The molecule has 1 fully saturated rings. The summed E-state index contributed by atoms with van der Waals surface area (Å²) in [6.45, 7) is 6.11. The molecule has 1 unspecified atom stereocenters. The normalized spacial score (nSPS) is 16.7. The Morgan fingerprint density at radius 3 is 2.19 bits per heavy atom. The fraction of sp³-hybridized carbons (Fsp3) is 0.214. The third kappa shape index (κ3) is 5.20. The number of benzene rings is 3. The zero-order valence-corrected chi connectivity index (χ0v) is 19.5. The molecule has 0 N–H and O–H groups in total. The molecule has 4 heteroatoms. The van der Waals surface area contributed by atoms with Crippen molar-refractivity contribution in [2.45, 2.75) is 38.9 Å². The van der Waals surface area contributed by atoms with Crippen LogP contribution in [0.5, 0.6) is 0 Å². The first kappa shape index (κ1) is 22.1. The number of hydrogen-bond donors (Lipinski definition) is 0. The summed E-state index contributed by atoms with van der Waals surface area (Å²) < 4.78 is 0. The molecule has 0 radical (unpaired) electrons. The van der Waals surface area contributed by atoms with Crippen molar-refractivity contribution in [1.29, 1.82) is 0 Å². The van der Waals surface area contributed by atoms with E-state index in [0.717, 1.165) is 34.9 Å². The van der Waals surface area contributed by atoms with E-state index in [1.807, 2.05) is 31.2 Å². The quantitative estimate of drug-likeness (QED) is 0.418. The Morgan fingerprint density at radius 2 is 1.53 bits per heavy atom. The molecule has 0 bridgehead atoms. The number of aryl methyl sites for hydroxylation is 3. The average molecular weight is 442 g/mol. The summed E-state index contributed by atoms with van der Waals surface area (Å²) in [7, 11) is 0. The van der Waals surface area contributed by atoms with Gasteiger partial charge in [-0.2, -0.15) is 0 Å². The van der Waals surface area contributed by atoms with Crippen molar-refractivity contribution >= 4 is 34.7 Å². The Bertz CT molecular complexity index is 1160. The number of nitrogens with zero attached hydrogens (tertiary/aromatic N) is 1. The number of thioether (sulfide) groups is 1. The number of carbonyl (C=O) groups excluding carboxylic acids is 2. The second kappa shape index (κ2) is 9.58. The minimum absolute atomic E-state index is 0.135. The van der Waals surface area contributed by atoms with Gasteiger partial charge in [-0.15, -0.1) is 0 Å². The Morgan fingerprint density at radius 1 is 0.875 bits per heavy atom. The summed E-state index contributed by atoms with van der Waals surface area (Å²) in [6.07, 6.45) is 3.45. The number of anilines is 1. The van der Waals surface area contributed by atoms with Crippen LogP contribution in [0.25, 0.3) is 6.08 Å².